The maximum Gasteiger partial charge on any atom is 0.261 e. The van der Waals surface area contributed by atoms with Crippen molar-refractivity contribution in [3.8, 4) is 5.75 Å². The predicted molar refractivity (Wildman–Crippen MR) is 120 cm³/mol. The van der Waals surface area contributed by atoms with E-state index in [1.807, 2.05) is 42.5 Å². The van der Waals surface area contributed by atoms with Crippen LogP contribution in [0.25, 0.3) is 0 Å². The Bertz CT molecular complexity index is 870. The van der Waals surface area contributed by atoms with Gasteiger partial charge in [0, 0.05) is 32.4 Å². The van der Waals surface area contributed by atoms with E-state index in [-0.39, 0.29) is 5.91 Å². The number of ether oxygens (including phenoxy) is 1. The summed E-state index contributed by atoms with van der Waals surface area (Å²) in [5.41, 5.74) is 8.76. The van der Waals surface area contributed by atoms with E-state index in [2.05, 4.69) is 9.88 Å². The molecule has 2 atom stereocenters. The number of aryl methyl sites for hydroxylation is 1. The molecule has 2 amide bonds. The Morgan fingerprint density at radius 1 is 1.16 bits per heavy atom. The molecular weight excluding hydrogens is 410 g/mol. The lowest BCUT2D eigenvalue weighted by molar-refractivity contribution is -0.142. The van der Waals surface area contributed by atoms with Crippen LogP contribution >= 0.6 is 0 Å². The molecule has 9 nitrogen and oxygen atoms in total. The smallest absolute Gasteiger partial charge is 0.261 e. The molecule has 2 heterocycles. The fraction of sp³-hybridized carbons (Fsp3) is 0.435. The van der Waals surface area contributed by atoms with E-state index >= 15 is 0 Å². The number of anilines is 1. The summed E-state index contributed by atoms with van der Waals surface area (Å²) < 4.78 is 5.17. The number of aromatic nitrogens is 1. The Labute approximate surface area is 188 Å². The van der Waals surface area contributed by atoms with Crippen LogP contribution < -0.4 is 20.9 Å². The highest BCUT2D eigenvalue weighted by molar-refractivity contribution is 5.89. The van der Waals surface area contributed by atoms with Crippen LogP contribution in [0.2, 0.25) is 0 Å². The average molecular weight is 442 g/mol. The number of benzene rings is 1. The van der Waals surface area contributed by atoms with Gasteiger partial charge in [0.05, 0.1) is 19.1 Å². The molecule has 0 radical (unpaired) electrons. The highest BCUT2D eigenvalue weighted by atomic mass is 16.5. The standard InChI is InChI=1S/C23H31N5O4/c1-32-18-10-8-17(9-11-18)5-4-6-19(21(24)22(29)26-31)23(30)28-15-13-27(14-16-28)20-7-2-3-12-25-20/h2-3,7-12,19,21,31H,4-6,13-16,24H2,1H3,(H,26,29)/t19-,21+/m1/s1. The van der Waals surface area contributed by atoms with E-state index in [9.17, 15) is 9.59 Å². The van der Waals surface area contributed by atoms with E-state index in [0.717, 1.165) is 23.6 Å². The Morgan fingerprint density at radius 2 is 1.88 bits per heavy atom. The van der Waals surface area contributed by atoms with Crippen molar-refractivity contribution in [2.75, 3.05) is 38.2 Å². The number of hydrogen-bond donors (Lipinski definition) is 3. The number of hydrogen-bond acceptors (Lipinski definition) is 7. The van der Waals surface area contributed by atoms with Gasteiger partial charge in [-0.15, -0.1) is 0 Å². The maximum absolute atomic E-state index is 13.3. The van der Waals surface area contributed by atoms with E-state index in [1.54, 1.807) is 23.7 Å². The van der Waals surface area contributed by atoms with E-state index in [4.69, 9.17) is 15.7 Å². The minimum Gasteiger partial charge on any atom is -0.497 e. The third kappa shape index (κ3) is 5.95. The number of carbonyl (C=O) groups is 2. The Morgan fingerprint density at radius 3 is 2.47 bits per heavy atom. The lowest BCUT2D eigenvalue weighted by Gasteiger charge is -2.37. The molecule has 1 aromatic heterocycles. The molecule has 0 unspecified atom stereocenters. The van der Waals surface area contributed by atoms with Crippen LogP contribution in [0.1, 0.15) is 18.4 Å². The zero-order valence-corrected chi connectivity index (χ0v) is 18.3. The molecule has 3 rings (SSSR count). The summed E-state index contributed by atoms with van der Waals surface area (Å²) in [5, 5.41) is 9.03. The molecule has 1 saturated heterocycles. The molecule has 172 valence electrons. The normalized spacial score (nSPS) is 15.7. The topological polar surface area (TPSA) is 121 Å². The van der Waals surface area contributed by atoms with E-state index in [1.165, 1.54) is 0 Å². The van der Waals surface area contributed by atoms with Gasteiger partial charge in [0.2, 0.25) is 5.91 Å². The third-order valence-corrected chi connectivity index (χ3v) is 5.87. The number of pyridine rings is 1. The van der Waals surface area contributed by atoms with Gasteiger partial charge in [-0.05, 0) is 49.1 Å². The Hall–Kier alpha value is -3.17. The highest BCUT2D eigenvalue weighted by Crippen LogP contribution is 2.20. The number of methoxy groups -OCH3 is 1. The third-order valence-electron chi connectivity index (χ3n) is 5.87. The first kappa shape index (κ1) is 23.5. The van der Waals surface area contributed by atoms with Crippen molar-refractivity contribution in [1.29, 1.82) is 0 Å². The van der Waals surface area contributed by atoms with Crippen molar-refractivity contribution < 1.29 is 19.5 Å². The van der Waals surface area contributed by atoms with E-state index < -0.39 is 17.9 Å². The lowest BCUT2D eigenvalue weighted by Crippen LogP contribution is -2.55. The van der Waals surface area contributed by atoms with Crippen LogP contribution in [0.4, 0.5) is 5.82 Å². The van der Waals surface area contributed by atoms with Crippen LogP contribution in [0, 0.1) is 5.92 Å². The van der Waals surface area contributed by atoms with Crippen molar-refractivity contribution in [2.45, 2.75) is 25.3 Å². The van der Waals surface area contributed by atoms with Gasteiger partial charge in [0.15, 0.2) is 0 Å². The number of nitrogens with one attached hydrogen (secondary N) is 1. The summed E-state index contributed by atoms with van der Waals surface area (Å²) in [5.74, 6) is 0.0542. The first-order chi connectivity index (χ1) is 15.5. The summed E-state index contributed by atoms with van der Waals surface area (Å²) in [6.45, 7) is 2.36. The summed E-state index contributed by atoms with van der Waals surface area (Å²) in [7, 11) is 1.62. The Balaban J connectivity index is 1.60. The highest BCUT2D eigenvalue weighted by Gasteiger charge is 2.34. The number of amides is 2. The summed E-state index contributed by atoms with van der Waals surface area (Å²) in [6.07, 6.45) is 3.62. The molecule has 2 aromatic rings. The fourth-order valence-electron chi connectivity index (χ4n) is 3.96. The Kier molecular flexibility index (Phi) is 8.41. The molecule has 0 saturated carbocycles. The largest absolute Gasteiger partial charge is 0.497 e. The van der Waals surface area contributed by atoms with Crippen molar-refractivity contribution in [3.63, 3.8) is 0 Å². The molecule has 0 spiro atoms. The molecule has 0 aliphatic carbocycles. The van der Waals surface area contributed by atoms with Gasteiger partial charge in [-0.25, -0.2) is 10.5 Å². The van der Waals surface area contributed by atoms with Crippen LogP contribution in [0.15, 0.2) is 48.7 Å². The van der Waals surface area contributed by atoms with Gasteiger partial charge >= 0.3 is 0 Å². The minimum atomic E-state index is -1.11. The predicted octanol–water partition coefficient (Wildman–Crippen LogP) is 1.21. The van der Waals surface area contributed by atoms with Gasteiger partial charge < -0.3 is 20.3 Å². The van der Waals surface area contributed by atoms with Crippen LogP contribution in [-0.4, -0.2) is 66.2 Å². The van der Waals surface area contributed by atoms with Crippen LogP contribution in [-0.2, 0) is 16.0 Å². The number of piperazine rings is 1. The fourth-order valence-corrected chi connectivity index (χ4v) is 3.96. The molecule has 1 aliphatic heterocycles. The second kappa shape index (κ2) is 11.4. The molecule has 1 aromatic carbocycles. The van der Waals surface area contributed by atoms with Gasteiger partial charge in [-0.2, -0.15) is 0 Å². The van der Waals surface area contributed by atoms with Crippen LogP contribution in [0.3, 0.4) is 0 Å². The molecule has 32 heavy (non-hydrogen) atoms. The zero-order valence-electron chi connectivity index (χ0n) is 18.3. The van der Waals surface area contributed by atoms with Crippen molar-refractivity contribution in [2.24, 2.45) is 11.7 Å². The number of rotatable bonds is 9. The van der Waals surface area contributed by atoms with Crippen molar-refractivity contribution >= 4 is 17.6 Å². The molecule has 0 bridgehead atoms. The first-order valence-corrected chi connectivity index (χ1v) is 10.8. The molecule has 4 N–H and O–H groups in total. The average Bonchev–Trinajstić information content (AvgIpc) is 2.86. The second-order valence-electron chi connectivity index (χ2n) is 7.85. The quantitative estimate of drug-likeness (QED) is 0.395. The summed E-state index contributed by atoms with van der Waals surface area (Å²) in [4.78, 5) is 33.5. The van der Waals surface area contributed by atoms with E-state index in [0.29, 0.717) is 39.0 Å². The second-order valence-corrected chi connectivity index (χ2v) is 7.85. The molecule has 9 heteroatoms. The van der Waals surface area contributed by atoms with Crippen LogP contribution in [0.5, 0.6) is 5.75 Å². The first-order valence-electron chi connectivity index (χ1n) is 10.8. The number of nitrogens with two attached hydrogens (primary N) is 1. The number of carbonyl (C=O) groups excluding carboxylic acids is 2. The summed E-state index contributed by atoms with van der Waals surface area (Å²) in [6, 6.07) is 12.4. The monoisotopic (exact) mass is 441 g/mol. The minimum absolute atomic E-state index is 0.156. The maximum atomic E-state index is 13.3. The number of hydroxylamine groups is 1. The van der Waals surface area contributed by atoms with Gasteiger partial charge in [0.1, 0.15) is 11.6 Å². The van der Waals surface area contributed by atoms with Gasteiger partial charge in [-0.3, -0.25) is 14.8 Å². The summed E-state index contributed by atoms with van der Waals surface area (Å²) >= 11 is 0. The van der Waals surface area contributed by atoms with Gasteiger partial charge in [-0.1, -0.05) is 18.2 Å². The molecule has 1 fully saturated rings. The SMILES string of the molecule is COc1ccc(CCC[C@@H](C(=O)N2CCN(c3ccccn3)CC2)[C@H](N)C(=O)NO)cc1. The lowest BCUT2D eigenvalue weighted by atomic mass is 9.91. The zero-order chi connectivity index (χ0) is 22.9. The number of nitrogens with zero attached hydrogens (tertiary/aromatic N) is 3. The molecular formula is C23H31N5O4. The van der Waals surface area contributed by atoms with Gasteiger partial charge in [0.25, 0.3) is 5.91 Å². The van der Waals surface area contributed by atoms with Crippen molar-refractivity contribution in [1.82, 2.24) is 15.4 Å². The van der Waals surface area contributed by atoms with Crippen molar-refractivity contribution in [3.05, 3.63) is 54.2 Å². The molecule has 1 aliphatic rings.